The monoisotopic (exact) mass is 388 g/mol. The quantitative estimate of drug-likeness (QED) is 0.854. The van der Waals surface area contributed by atoms with Crippen LogP contribution in [0.3, 0.4) is 0 Å². The molecule has 0 spiro atoms. The molecule has 26 heavy (non-hydrogen) atoms. The first kappa shape index (κ1) is 19.6. The number of benzene rings is 2. The van der Waals surface area contributed by atoms with Gasteiger partial charge in [-0.05, 0) is 42.5 Å². The Labute approximate surface area is 148 Å². The third-order valence-electron chi connectivity index (χ3n) is 3.14. The number of ether oxygens (including phenoxy) is 1. The van der Waals surface area contributed by atoms with Gasteiger partial charge in [-0.25, -0.2) is 8.42 Å². The molecule has 6 nitrogen and oxygen atoms in total. The smallest absolute Gasteiger partial charge is 0.406 e. The van der Waals surface area contributed by atoms with E-state index in [9.17, 15) is 26.4 Å². The summed E-state index contributed by atoms with van der Waals surface area (Å²) in [5.41, 5.74) is 0.428. The second-order valence-corrected chi connectivity index (χ2v) is 7.09. The summed E-state index contributed by atoms with van der Waals surface area (Å²) in [6.07, 6.45) is -4.86. The highest BCUT2D eigenvalue weighted by Crippen LogP contribution is 2.25. The second kappa shape index (κ2) is 7.24. The van der Waals surface area contributed by atoms with Crippen LogP contribution in [0.4, 0.5) is 18.9 Å². The van der Waals surface area contributed by atoms with Gasteiger partial charge in [-0.1, -0.05) is 6.07 Å². The van der Waals surface area contributed by atoms with Crippen molar-refractivity contribution in [2.45, 2.75) is 11.3 Å². The number of alkyl halides is 3. The molecule has 0 bridgehead atoms. The lowest BCUT2D eigenvalue weighted by Gasteiger charge is -2.13. The Morgan fingerprint density at radius 1 is 1.08 bits per heavy atom. The predicted molar refractivity (Wildman–Crippen MR) is 88.4 cm³/mol. The number of hydrogen-bond donors (Lipinski definition) is 1. The van der Waals surface area contributed by atoms with Gasteiger partial charge in [-0.15, -0.1) is 13.2 Å². The fraction of sp³-hybridized carbons (Fsp3) is 0.188. The van der Waals surface area contributed by atoms with Crippen LogP contribution in [0.15, 0.2) is 53.4 Å². The number of carbonyl (C=O) groups is 1. The average molecular weight is 388 g/mol. The first-order chi connectivity index (χ1) is 12.0. The van der Waals surface area contributed by atoms with Gasteiger partial charge in [0, 0.05) is 25.3 Å². The molecule has 2 aromatic rings. The lowest BCUT2D eigenvalue weighted by molar-refractivity contribution is -0.274. The number of anilines is 1. The largest absolute Gasteiger partial charge is 0.573 e. The standard InChI is InChI=1S/C16H15F3N2O4S/c1-21(2)15(22)11-4-3-5-12(10-11)20-26(23,24)14-8-6-13(7-9-14)25-16(17,18)19/h3-10,20H,1-2H3. The molecule has 10 heteroatoms. The maximum Gasteiger partial charge on any atom is 0.573 e. The van der Waals surface area contributed by atoms with E-state index in [4.69, 9.17) is 0 Å². The van der Waals surface area contributed by atoms with Gasteiger partial charge in [0.25, 0.3) is 15.9 Å². The summed E-state index contributed by atoms with van der Waals surface area (Å²) < 4.78 is 67.1. The zero-order chi connectivity index (χ0) is 19.5. The number of amides is 1. The Hall–Kier alpha value is -2.75. The number of carbonyl (C=O) groups excluding carboxylic acids is 1. The topological polar surface area (TPSA) is 75.7 Å². The molecule has 2 aromatic carbocycles. The second-order valence-electron chi connectivity index (χ2n) is 5.41. The summed E-state index contributed by atoms with van der Waals surface area (Å²) in [5, 5.41) is 0. The van der Waals surface area contributed by atoms with Crippen LogP contribution in [0.5, 0.6) is 5.75 Å². The first-order valence-corrected chi connectivity index (χ1v) is 8.66. The molecule has 0 fully saturated rings. The van der Waals surface area contributed by atoms with Crippen LogP contribution in [0, 0.1) is 0 Å². The van der Waals surface area contributed by atoms with E-state index in [1.807, 2.05) is 0 Å². The molecule has 0 radical (unpaired) electrons. The molecule has 0 aliphatic heterocycles. The summed E-state index contributed by atoms with van der Waals surface area (Å²) >= 11 is 0. The molecule has 0 atom stereocenters. The van der Waals surface area contributed by atoms with E-state index in [0.29, 0.717) is 0 Å². The maximum atomic E-state index is 12.3. The zero-order valence-corrected chi connectivity index (χ0v) is 14.6. The van der Waals surface area contributed by atoms with Crippen molar-refractivity contribution >= 4 is 21.6 Å². The van der Waals surface area contributed by atoms with Crippen LogP contribution < -0.4 is 9.46 Å². The number of sulfonamides is 1. The summed E-state index contributed by atoms with van der Waals surface area (Å²) in [6, 6.07) is 9.61. The minimum Gasteiger partial charge on any atom is -0.406 e. The van der Waals surface area contributed by atoms with Crippen molar-refractivity contribution in [2.75, 3.05) is 18.8 Å². The van der Waals surface area contributed by atoms with E-state index in [2.05, 4.69) is 9.46 Å². The highest BCUT2D eigenvalue weighted by Gasteiger charge is 2.31. The van der Waals surface area contributed by atoms with Crippen molar-refractivity contribution < 1.29 is 31.1 Å². The molecule has 0 unspecified atom stereocenters. The van der Waals surface area contributed by atoms with Gasteiger partial charge >= 0.3 is 6.36 Å². The van der Waals surface area contributed by atoms with Crippen molar-refractivity contribution in [1.82, 2.24) is 4.90 Å². The lowest BCUT2D eigenvalue weighted by Crippen LogP contribution is -2.22. The number of nitrogens with zero attached hydrogens (tertiary/aromatic N) is 1. The Kier molecular flexibility index (Phi) is 5.45. The van der Waals surface area contributed by atoms with Crippen molar-refractivity contribution in [3.63, 3.8) is 0 Å². The lowest BCUT2D eigenvalue weighted by atomic mass is 10.2. The number of rotatable bonds is 5. The molecule has 0 saturated carbocycles. The summed E-state index contributed by atoms with van der Waals surface area (Å²) in [4.78, 5) is 13.0. The normalized spacial score (nSPS) is 11.7. The van der Waals surface area contributed by atoms with Crippen LogP contribution in [0.2, 0.25) is 0 Å². The van der Waals surface area contributed by atoms with Crippen LogP contribution >= 0.6 is 0 Å². The van der Waals surface area contributed by atoms with Gasteiger partial charge in [0.2, 0.25) is 0 Å². The molecule has 0 heterocycles. The first-order valence-electron chi connectivity index (χ1n) is 7.18. The van der Waals surface area contributed by atoms with Gasteiger partial charge in [-0.3, -0.25) is 9.52 Å². The fourth-order valence-electron chi connectivity index (χ4n) is 2.01. The molecule has 0 saturated heterocycles. The molecule has 0 aliphatic carbocycles. The van der Waals surface area contributed by atoms with Crippen molar-refractivity contribution in [1.29, 1.82) is 0 Å². The molecular weight excluding hydrogens is 373 g/mol. The average Bonchev–Trinajstić information content (AvgIpc) is 2.53. The van der Waals surface area contributed by atoms with Crippen molar-refractivity contribution in [3.05, 3.63) is 54.1 Å². The van der Waals surface area contributed by atoms with Gasteiger partial charge in [-0.2, -0.15) is 0 Å². The van der Waals surface area contributed by atoms with Gasteiger partial charge in [0.15, 0.2) is 0 Å². The van der Waals surface area contributed by atoms with Crippen LogP contribution in [-0.4, -0.2) is 39.7 Å². The number of hydrogen-bond acceptors (Lipinski definition) is 4. The molecule has 0 aromatic heterocycles. The van der Waals surface area contributed by atoms with E-state index >= 15 is 0 Å². The third kappa shape index (κ3) is 5.12. The molecule has 1 amide bonds. The summed E-state index contributed by atoms with van der Waals surface area (Å²) in [6.45, 7) is 0. The maximum absolute atomic E-state index is 12.3. The van der Waals surface area contributed by atoms with E-state index < -0.39 is 22.1 Å². The minimum atomic E-state index is -4.86. The fourth-order valence-corrected chi connectivity index (χ4v) is 3.06. The third-order valence-corrected chi connectivity index (χ3v) is 4.53. The number of nitrogens with one attached hydrogen (secondary N) is 1. The highest BCUT2D eigenvalue weighted by molar-refractivity contribution is 7.92. The Morgan fingerprint density at radius 2 is 1.69 bits per heavy atom. The van der Waals surface area contributed by atoms with Crippen molar-refractivity contribution in [3.8, 4) is 5.75 Å². The Bertz CT molecular complexity index is 894. The van der Waals surface area contributed by atoms with Gasteiger partial charge in [0.05, 0.1) is 4.90 Å². The summed E-state index contributed by atoms with van der Waals surface area (Å²) in [7, 11) is -0.930. The van der Waals surface area contributed by atoms with Crippen LogP contribution in [0.1, 0.15) is 10.4 Å². The molecule has 0 aliphatic rings. The number of halogens is 3. The van der Waals surface area contributed by atoms with Crippen LogP contribution in [0.25, 0.3) is 0 Å². The molecule has 1 N–H and O–H groups in total. The highest BCUT2D eigenvalue weighted by atomic mass is 32.2. The Morgan fingerprint density at radius 3 is 2.23 bits per heavy atom. The van der Waals surface area contributed by atoms with E-state index in [1.165, 1.54) is 29.2 Å². The summed E-state index contributed by atoms with van der Waals surface area (Å²) in [5.74, 6) is -0.838. The van der Waals surface area contributed by atoms with E-state index in [-0.39, 0.29) is 22.1 Å². The van der Waals surface area contributed by atoms with E-state index in [1.54, 1.807) is 14.1 Å². The van der Waals surface area contributed by atoms with Crippen LogP contribution in [-0.2, 0) is 10.0 Å². The van der Waals surface area contributed by atoms with E-state index in [0.717, 1.165) is 24.3 Å². The van der Waals surface area contributed by atoms with Gasteiger partial charge < -0.3 is 9.64 Å². The molecular formula is C16H15F3N2O4S. The van der Waals surface area contributed by atoms with Gasteiger partial charge in [0.1, 0.15) is 5.75 Å². The minimum absolute atomic E-state index is 0.147. The predicted octanol–water partition coefficient (Wildman–Crippen LogP) is 3.09. The SMILES string of the molecule is CN(C)C(=O)c1cccc(NS(=O)(=O)c2ccc(OC(F)(F)F)cc2)c1. The Balaban J connectivity index is 2.21. The van der Waals surface area contributed by atoms with Crippen molar-refractivity contribution in [2.24, 2.45) is 0 Å². The molecule has 2 rings (SSSR count). The molecule has 140 valence electrons. The zero-order valence-electron chi connectivity index (χ0n) is 13.7.